The van der Waals surface area contributed by atoms with Crippen molar-refractivity contribution in [3.8, 4) is 34.8 Å². The fraction of sp³-hybridized carbons (Fsp3) is 0.0952. The molecule has 30 heavy (non-hydrogen) atoms. The molecule has 0 fully saturated rings. The highest BCUT2D eigenvalue weighted by Crippen LogP contribution is 2.36. The Balaban J connectivity index is 2.05. The Morgan fingerprint density at radius 3 is 2.53 bits per heavy atom. The molecule has 0 spiro atoms. The number of nitrogens with two attached hydrogens (primary N) is 1. The topological polar surface area (TPSA) is 125 Å². The maximum absolute atomic E-state index is 14.0. The fourth-order valence-corrected chi connectivity index (χ4v) is 3.11. The monoisotopic (exact) mass is 424 g/mol. The van der Waals surface area contributed by atoms with E-state index in [1.54, 1.807) is 12.1 Å². The molecule has 0 bridgehead atoms. The number of anilines is 1. The van der Waals surface area contributed by atoms with E-state index in [0.29, 0.717) is 5.56 Å². The van der Waals surface area contributed by atoms with Gasteiger partial charge in [0.05, 0.1) is 12.1 Å². The third-order valence-electron chi connectivity index (χ3n) is 4.35. The van der Waals surface area contributed by atoms with E-state index in [9.17, 15) is 19.7 Å². The first-order chi connectivity index (χ1) is 14.4. The van der Waals surface area contributed by atoms with Crippen molar-refractivity contribution in [2.45, 2.75) is 6.61 Å². The van der Waals surface area contributed by atoms with Gasteiger partial charge in [-0.25, -0.2) is 4.39 Å². The van der Waals surface area contributed by atoms with Crippen LogP contribution in [0.1, 0.15) is 16.7 Å². The zero-order chi connectivity index (χ0) is 21.8. The van der Waals surface area contributed by atoms with Crippen molar-refractivity contribution in [1.29, 1.82) is 10.5 Å². The van der Waals surface area contributed by atoms with Crippen molar-refractivity contribution in [3.05, 3.63) is 74.3 Å². The number of aromatic nitrogens is 1. The molecule has 0 unspecified atom stereocenters. The number of hydrogen-bond acceptors (Lipinski definition) is 6. The molecule has 7 nitrogen and oxygen atoms in total. The highest BCUT2D eigenvalue weighted by Gasteiger charge is 2.20. The summed E-state index contributed by atoms with van der Waals surface area (Å²) in [5.41, 5.74) is 5.36. The number of nitriles is 2. The second-order valence-corrected chi connectivity index (χ2v) is 6.48. The Kier molecular flexibility index (Phi) is 5.91. The van der Waals surface area contributed by atoms with Crippen LogP contribution in [0.4, 0.5) is 10.2 Å². The number of aromatic amines is 1. The molecular formula is C21H14ClFN4O3. The van der Waals surface area contributed by atoms with Crippen LogP contribution in [0.25, 0.3) is 11.1 Å². The first-order valence-corrected chi connectivity index (χ1v) is 8.89. The van der Waals surface area contributed by atoms with Crippen LogP contribution in [0.5, 0.6) is 11.5 Å². The predicted octanol–water partition coefficient (Wildman–Crippen LogP) is 3.75. The summed E-state index contributed by atoms with van der Waals surface area (Å²) in [5, 5.41) is 19.1. The number of nitrogen functional groups attached to an aromatic ring is 1. The average molecular weight is 425 g/mol. The molecule has 1 heterocycles. The van der Waals surface area contributed by atoms with Gasteiger partial charge >= 0.3 is 0 Å². The molecule has 0 aliphatic heterocycles. The molecular weight excluding hydrogens is 411 g/mol. The summed E-state index contributed by atoms with van der Waals surface area (Å²) in [7, 11) is 1.39. The molecule has 0 aliphatic carbocycles. The van der Waals surface area contributed by atoms with Gasteiger partial charge in [-0.05, 0) is 29.8 Å². The third-order valence-corrected chi connectivity index (χ3v) is 4.71. The SMILES string of the molecule is COc1cc(-c2c(C#N)c(N)[nH]c(=O)c2C#N)ccc1OCc1c(F)cccc1Cl. The van der Waals surface area contributed by atoms with Crippen LogP contribution in [0, 0.1) is 28.5 Å². The van der Waals surface area contributed by atoms with E-state index in [0.717, 1.165) is 0 Å². The Hall–Kier alpha value is -4.01. The number of hydrogen-bond donors (Lipinski definition) is 2. The summed E-state index contributed by atoms with van der Waals surface area (Å²) < 4.78 is 24.9. The summed E-state index contributed by atoms with van der Waals surface area (Å²) in [6.45, 7) is -0.147. The smallest absolute Gasteiger partial charge is 0.268 e. The van der Waals surface area contributed by atoms with Crippen molar-refractivity contribution in [2.75, 3.05) is 12.8 Å². The van der Waals surface area contributed by atoms with E-state index < -0.39 is 11.4 Å². The molecule has 0 aliphatic rings. The molecule has 3 N–H and O–H groups in total. The first kappa shape index (κ1) is 20.7. The van der Waals surface area contributed by atoms with Crippen LogP contribution < -0.4 is 20.8 Å². The quantitative estimate of drug-likeness (QED) is 0.642. The molecule has 9 heteroatoms. The van der Waals surface area contributed by atoms with E-state index in [2.05, 4.69) is 4.98 Å². The standard InChI is InChI=1S/C21H14ClFN4O3/c1-29-18-7-11(19-12(8-24)20(26)27-21(28)13(19)9-25)5-6-17(18)30-10-14-15(22)3-2-4-16(14)23/h2-7H,10H2,1H3,(H3,26,27,28). The van der Waals surface area contributed by atoms with Gasteiger partial charge < -0.3 is 20.2 Å². The van der Waals surface area contributed by atoms with Crippen molar-refractivity contribution in [2.24, 2.45) is 0 Å². The molecule has 0 atom stereocenters. The summed E-state index contributed by atoms with van der Waals surface area (Å²) in [5.74, 6) is -0.138. The lowest BCUT2D eigenvalue weighted by molar-refractivity contribution is 0.280. The van der Waals surface area contributed by atoms with Crippen molar-refractivity contribution in [1.82, 2.24) is 4.98 Å². The maximum atomic E-state index is 14.0. The predicted molar refractivity (Wildman–Crippen MR) is 109 cm³/mol. The Bertz CT molecular complexity index is 1250. The summed E-state index contributed by atoms with van der Waals surface area (Å²) in [4.78, 5) is 14.4. The minimum absolute atomic E-state index is 0.0417. The number of H-pyrrole nitrogens is 1. The zero-order valence-corrected chi connectivity index (χ0v) is 16.4. The lowest BCUT2D eigenvalue weighted by atomic mass is 9.96. The highest BCUT2D eigenvalue weighted by molar-refractivity contribution is 6.31. The number of nitrogens with zero attached hydrogens (tertiary/aromatic N) is 2. The fourth-order valence-electron chi connectivity index (χ4n) is 2.89. The number of ether oxygens (including phenoxy) is 2. The van der Waals surface area contributed by atoms with Gasteiger partial charge in [0.25, 0.3) is 5.56 Å². The Labute approximate surface area is 175 Å². The van der Waals surface area contributed by atoms with Crippen LogP contribution in [0.2, 0.25) is 5.02 Å². The second kappa shape index (κ2) is 8.56. The van der Waals surface area contributed by atoms with Gasteiger partial charge in [-0.1, -0.05) is 23.7 Å². The molecule has 150 valence electrons. The number of rotatable bonds is 5. The summed E-state index contributed by atoms with van der Waals surface area (Å²) >= 11 is 6.01. The largest absolute Gasteiger partial charge is 0.493 e. The first-order valence-electron chi connectivity index (χ1n) is 8.51. The molecule has 3 aromatic rings. The van der Waals surface area contributed by atoms with Gasteiger partial charge in [-0.2, -0.15) is 10.5 Å². The Morgan fingerprint density at radius 2 is 1.90 bits per heavy atom. The lowest BCUT2D eigenvalue weighted by Gasteiger charge is -2.14. The average Bonchev–Trinajstić information content (AvgIpc) is 2.73. The van der Waals surface area contributed by atoms with Gasteiger partial charge in [0.1, 0.15) is 41.5 Å². The number of halogens is 2. The van der Waals surface area contributed by atoms with Crippen molar-refractivity contribution in [3.63, 3.8) is 0 Å². The minimum atomic E-state index is -0.711. The molecule has 1 aromatic heterocycles. The number of nitrogens with one attached hydrogen (secondary N) is 1. The van der Waals surface area contributed by atoms with Crippen LogP contribution in [-0.4, -0.2) is 12.1 Å². The summed E-state index contributed by atoms with van der Waals surface area (Å²) in [6.07, 6.45) is 0. The van der Waals surface area contributed by atoms with E-state index in [1.165, 1.54) is 37.4 Å². The van der Waals surface area contributed by atoms with Gasteiger partial charge in [0, 0.05) is 11.1 Å². The van der Waals surface area contributed by atoms with E-state index >= 15 is 0 Å². The molecule has 0 amide bonds. The van der Waals surface area contributed by atoms with Crippen LogP contribution in [-0.2, 0) is 6.61 Å². The highest BCUT2D eigenvalue weighted by atomic mass is 35.5. The normalized spacial score (nSPS) is 10.2. The molecule has 0 saturated heterocycles. The Morgan fingerprint density at radius 1 is 1.17 bits per heavy atom. The third kappa shape index (κ3) is 3.77. The van der Waals surface area contributed by atoms with Crippen LogP contribution in [0.15, 0.2) is 41.2 Å². The second-order valence-electron chi connectivity index (χ2n) is 6.07. The lowest BCUT2D eigenvalue weighted by Crippen LogP contribution is -2.16. The number of pyridine rings is 1. The zero-order valence-electron chi connectivity index (χ0n) is 15.6. The van der Waals surface area contributed by atoms with Gasteiger partial charge in [0.2, 0.25) is 0 Å². The van der Waals surface area contributed by atoms with E-state index in [4.69, 9.17) is 26.8 Å². The maximum Gasteiger partial charge on any atom is 0.268 e. The van der Waals surface area contributed by atoms with E-state index in [-0.39, 0.29) is 51.2 Å². The number of benzene rings is 2. The van der Waals surface area contributed by atoms with Crippen molar-refractivity contribution >= 4 is 17.4 Å². The molecule has 2 aromatic carbocycles. The van der Waals surface area contributed by atoms with Crippen LogP contribution in [0.3, 0.4) is 0 Å². The van der Waals surface area contributed by atoms with E-state index in [1.807, 2.05) is 6.07 Å². The van der Waals surface area contributed by atoms with Gasteiger partial charge in [-0.3, -0.25) is 4.79 Å². The molecule has 0 saturated carbocycles. The van der Waals surface area contributed by atoms with Gasteiger partial charge in [-0.15, -0.1) is 0 Å². The molecule has 3 rings (SSSR count). The molecule has 0 radical (unpaired) electrons. The summed E-state index contributed by atoms with van der Waals surface area (Å²) in [6, 6.07) is 12.6. The minimum Gasteiger partial charge on any atom is -0.493 e. The van der Waals surface area contributed by atoms with Gasteiger partial charge in [0.15, 0.2) is 11.5 Å². The number of methoxy groups -OCH3 is 1. The van der Waals surface area contributed by atoms with Crippen LogP contribution >= 0.6 is 11.6 Å². The van der Waals surface area contributed by atoms with Crippen molar-refractivity contribution < 1.29 is 13.9 Å².